The molecule has 0 radical (unpaired) electrons. The van der Waals surface area contributed by atoms with Gasteiger partial charge >= 0.3 is 0 Å². The molecule has 0 aromatic heterocycles. The zero-order chi connectivity index (χ0) is 12.6. The first-order valence-corrected chi connectivity index (χ1v) is 8.85. The number of thiol groups is 1. The summed E-state index contributed by atoms with van der Waals surface area (Å²) in [7, 11) is 0. The monoisotopic (exact) mass is 269 g/mol. The molecule has 18 heavy (non-hydrogen) atoms. The first kappa shape index (κ1) is 14.7. The van der Waals surface area contributed by atoms with E-state index < -0.39 is 0 Å². The van der Waals surface area contributed by atoms with Gasteiger partial charge in [0.15, 0.2) is 0 Å². The fourth-order valence-electron chi connectivity index (χ4n) is 4.12. The topological polar surface area (TPSA) is 12.0 Å². The first-order chi connectivity index (χ1) is 8.90. The second kappa shape index (κ2) is 8.47. The highest BCUT2D eigenvalue weighted by Gasteiger charge is 2.31. The van der Waals surface area contributed by atoms with Gasteiger partial charge in [-0.1, -0.05) is 44.9 Å². The first-order valence-electron chi connectivity index (χ1n) is 8.21. The summed E-state index contributed by atoms with van der Waals surface area (Å²) in [6.07, 6.45) is 15.1. The predicted octanol–water partition coefficient (Wildman–Crippen LogP) is 4.28. The molecular formula is C16H31NS. The van der Waals surface area contributed by atoms with Gasteiger partial charge in [0, 0.05) is 12.3 Å². The van der Waals surface area contributed by atoms with Gasteiger partial charge in [-0.2, -0.15) is 12.6 Å². The normalized spacial score (nSPS) is 32.2. The average molecular weight is 269 g/mol. The maximum atomic E-state index is 4.21. The van der Waals surface area contributed by atoms with Crippen molar-refractivity contribution >= 4 is 12.6 Å². The Morgan fingerprint density at radius 1 is 0.889 bits per heavy atom. The Morgan fingerprint density at radius 3 is 2.56 bits per heavy atom. The number of hydrogen-bond acceptors (Lipinski definition) is 2. The Kier molecular flexibility index (Phi) is 6.93. The van der Waals surface area contributed by atoms with Crippen LogP contribution < -0.4 is 5.32 Å². The summed E-state index contributed by atoms with van der Waals surface area (Å²) in [4.78, 5) is 0. The third-order valence-electron chi connectivity index (χ3n) is 5.15. The van der Waals surface area contributed by atoms with Crippen LogP contribution in [0.4, 0.5) is 0 Å². The number of unbranched alkanes of at least 4 members (excludes halogenated alkanes) is 1. The van der Waals surface area contributed by atoms with Crippen LogP contribution in [0.25, 0.3) is 0 Å². The Balaban J connectivity index is 1.54. The van der Waals surface area contributed by atoms with Crippen LogP contribution in [0, 0.1) is 17.8 Å². The van der Waals surface area contributed by atoms with E-state index in [1.54, 1.807) is 25.7 Å². The van der Waals surface area contributed by atoms with Crippen molar-refractivity contribution in [3.63, 3.8) is 0 Å². The van der Waals surface area contributed by atoms with E-state index in [1.807, 2.05) is 0 Å². The summed E-state index contributed by atoms with van der Waals surface area (Å²) in [6.45, 7) is 2.26. The lowest BCUT2D eigenvalue weighted by molar-refractivity contribution is 0.124. The van der Waals surface area contributed by atoms with Crippen LogP contribution in [-0.4, -0.2) is 18.8 Å². The maximum absolute atomic E-state index is 4.21. The number of hydrogen-bond donors (Lipinski definition) is 2. The molecule has 3 atom stereocenters. The summed E-state index contributed by atoms with van der Waals surface area (Å²) < 4.78 is 0. The van der Waals surface area contributed by atoms with E-state index in [0.717, 1.165) is 30.1 Å². The second-order valence-electron chi connectivity index (χ2n) is 6.45. The third-order valence-corrected chi connectivity index (χ3v) is 5.38. The van der Waals surface area contributed by atoms with Crippen LogP contribution in [-0.2, 0) is 0 Å². The van der Waals surface area contributed by atoms with Crippen molar-refractivity contribution in [2.75, 3.05) is 18.8 Å². The van der Waals surface area contributed by atoms with Crippen LogP contribution in [0.1, 0.15) is 64.2 Å². The van der Waals surface area contributed by atoms with Crippen molar-refractivity contribution in [1.29, 1.82) is 0 Å². The lowest BCUT2D eigenvalue weighted by Gasteiger charge is -2.39. The predicted molar refractivity (Wildman–Crippen MR) is 83.4 cm³/mol. The molecule has 2 rings (SSSR count). The molecule has 0 unspecified atom stereocenters. The average Bonchev–Trinajstić information content (AvgIpc) is 2.42. The van der Waals surface area contributed by atoms with Gasteiger partial charge in [0.25, 0.3) is 0 Å². The summed E-state index contributed by atoms with van der Waals surface area (Å²) in [6, 6.07) is 0. The van der Waals surface area contributed by atoms with E-state index in [1.165, 1.54) is 45.1 Å². The van der Waals surface area contributed by atoms with Crippen molar-refractivity contribution < 1.29 is 0 Å². The third kappa shape index (κ3) is 4.77. The molecule has 2 fully saturated rings. The molecular weight excluding hydrogens is 238 g/mol. The van der Waals surface area contributed by atoms with Crippen molar-refractivity contribution in [2.45, 2.75) is 64.2 Å². The molecule has 0 bridgehead atoms. The molecule has 0 amide bonds. The number of fused-ring (bicyclic) bond motifs is 1. The van der Waals surface area contributed by atoms with E-state index in [-0.39, 0.29) is 0 Å². The van der Waals surface area contributed by atoms with E-state index in [2.05, 4.69) is 17.9 Å². The molecule has 2 saturated carbocycles. The van der Waals surface area contributed by atoms with Crippen molar-refractivity contribution in [1.82, 2.24) is 5.32 Å². The van der Waals surface area contributed by atoms with Gasteiger partial charge in [-0.15, -0.1) is 0 Å². The standard InChI is InChI=1S/C16H31NS/c18-12-11-17-10-4-3-5-14-8-9-15-6-1-2-7-16(15)13-14/h14-18H,1-13H2/t14-,15-,16+/m1/s1. The summed E-state index contributed by atoms with van der Waals surface area (Å²) in [5, 5.41) is 3.44. The fourth-order valence-corrected chi connectivity index (χ4v) is 4.28. The molecule has 2 heteroatoms. The molecule has 0 aromatic rings. The van der Waals surface area contributed by atoms with Crippen LogP contribution >= 0.6 is 12.6 Å². The van der Waals surface area contributed by atoms with Crippen molar-refractivity contribution in [2.24, 2.45) is 17.8 Å². The van der Waals surface area contributed by atoms with Crippen LogP contribution in [0.3, 0.4) is 0 Å². The minimum absolute atomic E-state index is 0.964. The number of rotatable bonds is 7. The molecule has 0 heterocycles. The van der Waals surface area contributed by atoms with E-state index in [0.29, 0.717) is 0 Å². The largest absolute Gasteiger partial charge is 0.316 e. The highest BCUT2D eigenvalue weighted by atomic mass is 32.1. The lowest BCUT2D eigenvalue weighted by atomic mass is 9.67. The second-order valence-corrected chi connectivity index (χ2v) is 6.90. The van der Waals surface area contributed by atoms with Gasteiger partial charge < -0.3 is 5.32 Å². The van der Waals surface area contributed by atoms with Crippen LogP contribution in [0.5, 0.6) is 0 Å². The van der Waals surface area contributed by atoms with Gasteiger partial charge in [-0.05, 0) is 43.6 Å². The molecule has 2 aliphatic carbocycles. The van der Waals surface area contributed by atoms with Crippen LogP contribution in [0.2, 0.25) is 0 Å². The Bertz CT molecular complexity index is 219. The van der Waals surface area contributed by atoms with Crippen molar-refractivity contribution in [3.05, 3.63) is 0 Å². The molecule has 0 saturated heterocycles. The minimum atomic E-state index is 0.964. The summed E-state index contributed by atoms with van der Waals surface area (Å²) in [5.41, 5.74) is 0. The fraction of sp³-hybridized carbons (Fsp3) is 1.00. The summed E-state index contributed by atoms with van der Waals surface area (Å²) in [5.74, 6) is 4.26. The zero-order valence-electron chi connectivity index (χ0n) is 11.9. The van der Waals surface area contributed by atoms with E-state index in [4.69, 9.17) is 0 Å². The van der Waals surface area contributed by atoms with Gasteiger partial charge in [0.05, 0.1) is 0 Å². The molecule has 2 aliphatic rings. The van der Waals surface area contributed by atoms with Gasteiger partial charge in [0.2, 0.25) is 0 Å². The smallest absolute Gasteiger partial charge is 0.00397 e. The maximum Gasteiger partial charge on any atom is 0.00397 e. The molecule has 106 valence electrons. The quantitative estimate of drug-likeness (QED) is 0.519. The Hall–Kier alpha value is 0.310. The minimum Gasteiger partial charge on any atom is -0.316 e. The van der Waals surface area contributed by atoms with Gasteiger partial charge in [-0.3, -0.25) is 0 Å². The molecule has 0 aromatic carbocycles. The zero-order valence-corrected chi connectivity index (χ0v) is 12.8. The van der Waals surface area contributed by atoms with Gasteiger partial charge in [-0.25, -0.2) is 0 Å². The molecule has 1 N–H and O–H groups in total. The van der Waals surface area contributed by atoms with E-state index in [9.17, 15) is 0 Å². The number of nitrogens with one attached hydrogen (secondary N) is 1. The molecule has 1 nitrogen and oxygen atoms in total. The van der Waals surface area contributed by atoms with Gasteiger partial charge in [0.1, 0.15) is 0 Å². The molecule has 0 aliphatic heterocycles. The highest BCUT2D eigenvalue weighted by Crippen LogP contribution is 2.43. The SMILES string of the molecule is SCCNCCCC[C@@H]1CC[C@H]2CCCC[C@H]2C1. The van der Waals surface area contributed by atoms with Crippen molar-refractivity contribution in [3.8, 4) is 0 Å². The van der Waals surface area contributed by atoms with Crippen LogP contribution in [0.15, 0.2) is 0 Å². The Morgan fingerprint density at radius 2 is 1.72 bits per heavy atom. The van der Waals surface area contributed by atoms with E-state index >= 15 is 0 Å². The molecule has 0 spiro atoms. The summed E-state index contributed by atoms with van der Waals surface area (Å²) >= 11 is 4.21. The highest BCUT2D eigenvalue weighted by molar-refractivity contribution is 7.80. The lowest BCUT2D eigenvalue weighted by Crippen LogP contribution is -2.27. The Labute approximate surface area is 119 Å².